The molecule has 0 aromatic carbocycles. The van der Waals surface area contributed by atoms with Crippen molar-refractivity contribution in [2.24, 2.45) is 0 Å². The van der Waals surface area contributed by atoms with E-state index in [1.165, 1.54) is 0 Å². The second-order valence-corrected chi connectivity index (χ2v) is 1.83. The van der Waals surface area contributed by atoms with Crippen LogP contribution >= 0.6 is 11.6 Å². The number of carbonyl (C=O) groups excluding carboxylic acids is 1. The molecule has 0 aliphatic heterocycles. The average molecular weight is 177 g/mol. The van der Waals surface area contributed by atoms with Gasteiger partial charge in [0.1, 0.15) is 0 Å². The third-order valence-electron chi connectivity index (χ3n) is 0.739. The van der Waals surface area contributed by atoms with Crippen LogP contribution in [0.15, 0.2) is 0 Å². The second kappa shape index (κ2) is 3.21. The van der Waals surface area contributed by atoms with Gasteiger partial charge in [-0.2, -0.15) is 13.2 Å². The molecule has 1 atom stereocenters. The van der Waals surface area contributed by atoms with Crippen LogP contribution in [-0.2, 0) is 9.53 Å². The third kappa shape index (κ3) is 2.53. The first kappa shape index (κ1) is 9.71. The first-order valence-corrected chi connectivity index (χ1v) is 2.56. The SMILES string of the molecule is COC(C(=O)Cl)C(F)(F)F. The average Bonchev–Trinajstić information content (AvgIpc) is 1.60. The second-order valence-electron chi connectivity index (χ2n) is 1.46. The van der Waals surface area contributed by atoms with Gasteiger partial charge in [-0.1, -0.05) is 0 Å². The van der Waals surface area contributed by atoms with E-state index in [2.05, 4.69) is 16.3 Å². The highest BCUT2D eigenvalue weighted by atomic mass is 35.5. The van der Waals surface area contributed by atoms with Crippen molar-refractivity contribution in [3.8, 4) is 0 Å². The molecule has 10 heavy (non-hydrogen) atoms. The minimum atomic E-state index is -4.71. The highest BCUT2D eigenvalue weighted by molar-refractivity contribution is 6.64. The van der Waals surface area contributed by atoms with Crippen LogP contribution in [0.2, 0.25) is 0 Å². The van der Waals surface area contributed by atoms with Gasteiger partial charge in [0.05, 0.1) is 0 Å². The Morgan fingerprint density at radius 2 is 2.00 bits per heavy atom. The summed E-state index contributed by atoms with van der Waals surface area (Å²) in [6.45, 7) is 0. The monoisotopic (exact) mass is 176 g/mol. The lowest BCUT2D eigenvalue weighted by atomic mass is 10.4. The predicted molar refractivity (Wildman–Crippen MR) is 27.7 cm³/mol. The van der Waals surface area contributed by atoms with E-state index in [0.717, 1.165) is 7.11 Å². The summed E-state index contributed by atoms with van der Waals surface area (Å²) in [6.07, 6.45) is -7.22. The molecule has 0 N–H and O–H groups in total. The summed E-state index contributed by atoms with van der Waals surface area (Å²) in [7, 11) is 0.762. The largest absolute Gasteiger partial charge is 0.423 e. The highest BCUT2D eigenvalue weighted by Gasteiger charge is 2.44. The van der Waals surface area contributed by atoms with Gasteiger partial charge in [-0.25, -0.2) is 0 Å². The van der Waals surface area contributed by atoms with E-state index in [1.807, 2.05) is 0 Å². The smallest absolute Gasteiger partial charge is 0.364 e. The minimum absolute atomic E-state index is 0.762. The van der Waals surface area contributed by atoms with Crippen molar-refractivity contribution < 1.29 is 22.7 Å². The van der Waals surface area contributed by atoms with Gasteiger partial charge in [0.2, 0.25) is 6.10 Å². The first-order chi connectivity index (χ1) is 4.39. The molecule has 6 heteroatoms. The number of hydrogen-bond acceptors (Lipinski definition) is 2. The molecule has 0 fully saturated rings. The highest BCUT2D eigenvalue weighted by Crippen LogP contribution is 2.23. The van der Waals surface area contributed by atoms with Crippen LogP contribution in [-0.4, -0.2) is 24.6 Å². The molecule has 0 amide bonds. The topological polar surface area (TPSA) is 26.3 Å². The number of halogens is 4. The Bertz CT molecular complexity index is 133. The van der Waals surface area contributed by atoms with E-state index in [0.29, 0.717) is 0 Å². The zero-order chi connectivity index (χ0) is 8.36. The van der Waals surface area contributed by atoms with Crippen LogP contribution in [0.5, 0.6) is 0 Å². The lowest BCUT2D eigenvalue weighted by molar-refractivity contribution is -0.206. The molecule has 0 aliphatic rings. The number of alkyl halides is 3. The molecule has 0 radical (unpaired) electrons. The summed E-state index contributed by atoms with van der Waals surface area (Å²) in [6, 6.07) is 0. The van der Waals surface area contributed by atoms with Gasteiger partial charge in [-0.3, -0.25) is 4.79 Å². The Hall–Kier alpha value is -0.290. The summed E-state index contributed by atoms with van der Waals surface area (Å²) in [5, 5.41) is -1.56. The van der Waals surface area contributed by atoms with Crippen LogP contribution in [0.25, 0.3) is 0 Å². The van der Waals surface area contributed by atoms with E-state index in [1.54, 1.807) is 0 Å². The van der Waals surface area contributed by atoms with Gasteiger partial charge in [0, 0.05) is 7.11 Å². The molecule has 2 nitrogen and oxygen atoms in total. The van der Waals surface area contributed by atoms with Crippen molar-refractivity contribution in [1.82, 2.24) is 0 Å². The zero-order valence-electron chi connectivity index (χ0n) is 4.91. The molecule has 0 rings (SSSR count). The van der Waals surface area contributed by atoms with Crippen molar-refractivity contribution in [2.75, 3.05) is 7.11 Å². The number of ether oxygens (including phenoxy) is 1. The van der Waals surface area contributed by atoms with E-state index in [-0.39, 0.29) is 0 Å². The Labute approximate surface area is 59.9 Å². The molecule has 0 heterocycles. The number of hydrogen-bond donors (Lipinski definition) is 0. The first-order valence-electron chi connectivity index (χ1n) is 2.18. The van der Waals surface area contributed by atoms with Gasteiger partial charge < -0.3 is 4.74 Å². The minimum Gasteiger partial charge on any atom is -0.364 e. The van der Waals surface area contributed by atoms with E-state index in [9.17, 15) is 18.0 Å². The maximum atomic E-state index is 11.5. The van der Waals surface area contributed by atoms with Crippen LogP contribution in [0.1, 0.15) is 0 Å². The molecular weight excluding hydrogens is 172 g/mol. The maximum Gasteiger partial charge on any atom is 0.423 e. The molecule has 0 saturated carbocycles. The third-order valence-corrected chi connectivity index (χ3v) is 0.937. The lowest BCUT2D eigenvalue weighted by Gasteiger charge is -2.13. The summed E-state index contributed by atoms with van der Waals surface area (Å²) in [4.78, 5) is 9.94. The van der Waals surface area contributed by atoms with Crippen molar-refractivity contribution in [2.45, 2.75) is 12.3 Å². The zero-order valence-corrected chi connectivity index (χ0v) is 5.66. The van der Waals surface area contributed by atoms with Crippen LogP contribution in [0.4, 0.5) is 13.2 Å². The van der Waals surface area contributed by atoms with Gasteiger partial charge in [0.25, 0.3) is 5.24 Å². The van der Waals surface area contributed by atoms with Gasteiger partial charge >= 0.3 is 6.18 Å². The molecule has 60 valence electrons. The Morgan fingerprint density at radius 1 is 1.60 bits per heavy atom. The summed E-state index contributed by atoms with van der Waals surface area (Å²) in [5.41, 5.74) is 0. The quantitative estimate of drug-likeness (QED) is 0.594. The molecule has 0 spiro atoms. The van der Waals surface area contributed by atoms with E-state index in [4.69, 9.17) is 0 Å². The Kier molecular flexibility index (Phi) is 3.11. The van der Waals surface area contributed by atoms with Gasteiger partial charge in [-0.05, 0) is 11.6 Å². The molecule has 0 aromatic heterocycles. The fraction of sp³-hybridized carbons (Fsp3) is 0.750. The molecular formula is C4H4ClF3O2. The number of carbonyl (C=O) groups is 1. The molecule has 1 unspecified atom stereocenters. The molecule has 0 aromatic rings. The number of rotatable bonds is 2. The Balaban J connectivity index is 4.22. The fourth-order valence-electron chi connectivity index (χ4n) is 0.355. The number of methoxy groups -OCH3 is 1. The fourth-order valence-corrected chi connectivity index (χ4v) is 0.568. The standard InChI is InChI=1S/C4H4ClF3O2/c1-10-2(3(5)9)4(6,7)8/h2H,1H3. The normalized spacial score (nSPS) is 14.9. The lowest BCUT2D eigenvalue weighted by Crippen LogP contribution is -2.35. The van der Waals surface area contributed by atoms with Crippen molar-refractivity contribution in [3.63, 3.8) is 0 Å². The van der Waals surface area contributed by atoms with E-state index >= 15 is 0 Å². The maximum absolute atomic E-state index is 11.5. The van der Waals surface area contributed by atoms with E-state index < -0.39 is 17.5 Å². The van der Waals surface area contributed by atoms with Crippen LogP contribution in [0.3, 0.4) is 0 Å². The summed E-state index contributed by atoms with van der Waals surface area (Å²) < 4.78 is 38.4. The summed E-state index contributed by atoms with van der Waals surface area (Å²) in [5.74, 6) is 0. The van der Waals surface area contributed by atoms with Crippen molar-refractivity contribution in [3.05, 3.63) is 0 Å². The molecule has 0 bridgehead atoms. The molecule has 0 saturated heterocycles. The van der Waals surface area contributed by atoms with Gasteiger partial charge in [0.15, 0.2) is 0 Å². The van der Waals surface area contributed by atoms with Gasteiger partial charge in [-0.15, -0.1) is 0 Å². The van der Waals surface area contributed by atoms with Crippen LogP contribution < -0.4 is 0 Å². The Morgan fingerprint density at radius 3 is 2.00 bits per heavy atom. The van der Waals surface area contributed by atoms with Crippen molar-refractivity contribution >= 4 is 16.8 Å². The van der Waals surface area contributed by atoms with Crippen molar-refractivity contribution in [1.29, 1.82) is 0 Å². The molecule has 0 aliphatic carbocycles. The summed E-state index contributed by atoms with van der Waals surface area (Å²) >= 11 is 4.54. The van der Waals surface area contributed by atoms with Crippen LogP contribution in [0, 0.1) is 0 Å². The predicted octanol–water partition coefficient (Wildman–Crippen LogP) is 1.33.